The lowest BCUT2D eigenvalue weighted by molar-refractivity contribution is -0.0447. The summed E-state index contributed by atoms with van der Waals surface area (Å²) in [5.41, 5.74) is 2.57. The van der Waals surface area contributed by atoms with Gasteiger partial charge in [-0.1, -0.05) is 18.2 Å². The quantitative estimate of drug-likeness (QED) is 0.797. The van der Waals surface area contributed by atoms with Crippen molar-refractivity contribution in [3.05, 3.63) is 59.9 Å². The van der Waals surface area contributed by atoms with Gasteiger partial charge in [0.2, 0.25) is 0 Å². The maximum atomic E-state index is 12.0. The van der Waals surface area contributed by atoms with Gasteiger partial charge in [0.05, 0.1) is 31.6 Å². The van der Waals surface area contributed by atoms with Crippen LogP contribution in [0.25, 0.3) is 0 Å². The minimum atomic E-state index is -0.260. The molecule has 6 nitrogen and oxygen atoms in total. The van der Waals surface area contributed by atoms with Gasteiger partial charge in [0, 0.05) is 18.5 Å². The Hall–Kier alpha value is -2.44. The summed E-state index contributed by atoms with van der Waals surface area (Å²) in [7, 11) is 0. The second-order valence-corrected chi connectivity index (χ2v) is 6.33. The SMILES string of the molecule is O=C(NCc1ccccn1)Nc1cccc(COC[C@@H]2CCCCO2)c1. The fraction of sp³-hybridized carbons (Fsp3) is 0.400. The van der Waals surface area contributed by atoms with Crippen molar-refractivity contribution in [2.75, 3.05) is 18.5 Å². The van der Waals surface area contributed by atoms with Crippen molar-refractivity contribution in [3.8, 4) is 0 Å². The van der Waals surface area contributed by atoms with Crippen LogP contribution in [0.15, 0.2) is 48.7 Å². The van der Waals surface area contributed by atoms with E-state index >= 15 is 0 Å². The standard InChI is InChI=1S/C20H25N3O3/c24-20(22-13-18-7-1-3-10-21-18)23-17-8-5-6-16(12-17)14-25-15-19-9-2-4-11-26-19/h1,3,5-8,10,12,19H,2,4,9,11,13-15H2,(H2,22,23,24)/t19-/m0/s1. The van der Waals surface area contributed by atoms with Gasteiger partial charge in [-0.05, 0) is 49.1 Å². The molecule has 0 radical (unpaired) electrons. The number of hydrogen-bond donors (Lipinski definition) is 2. The summed E-state index contributed by atoms with van der Waals surface area (Å²) in [5, 5.41) is 5.63. The number of carbonyl (C=O) groups is 1. The molecule has 1 aliphatic heterocycles. The first kappa shape index (κ1) is 18.4. The van der Waals surface area contributed by atoms with Crippen molar-refractivity contribution < 1.29 is 14.3 Å². The first-order chi connectivity index (χ1) is 12.8. The van der Waals surface area contributed by atoms with Gasteiger partial charge in [-0.2, -0.15) is 0 Å². The van der Waals surface area contributed by atoms with Crippen molar-refractivity contribution in [2.45, 2.75) is 38.5 Å². The molecule has 2 amide bonds. The Morgan fingerprint density at radius 3 is 3.00 bits per heavy atom. The van der Waals surface area contributed by atoms with Crippen molar-refractivity contribution in [2.24, 2.45) is 0 Å². The van der Waals surface area contributed by atoms with Crippen LogP contribution in [0.1, 0.15) is 30.5 Å². The van der Waals surface area contributed by atoms with Crippen molar-refractivity contribution in [1.29, 1.82) is 0 Å². The third kappa shape index (κ3) is 6.13. The molecular weight excluding hydrogens is 330 g/mol. The Balaban J connectivity index is 1.42. The van der Waals surface area contributed by atoms with Gasteiger partial charge < -0.3 is 20.1 Å². The molecular formula is C20H25N3O3. The summed E-state index contributed by atoms with van der Waals surface area (Å²) in [6, 6.07) is 13.0. The van der Waals surface area contributed by atoms with Gasteiger partial charge in [-0.15, -0.1) is 0 Å². The number of aromatic nitrogens is 1. The van der Waals surface area contributed by atoms with Crippen LogP contribution in [-0.2, 0) is 22.6 Å². The Morgan fingerprint density at radius 1 is 1.23 bits per heavy atom. The van der Waals surface area contributed by atoms with E-state index in [-0.39, 0.29) is 12.1 Å². The van der Waals surface area contributed by atoms with E-state index in [1.807, 2.05) is 42.5 Å². The number of rotatable bonds is 7. The van der Waals surface area contributed by atoms with Crippen LogP contribution < -0.4 is 10.6 Å². The molecule has 26 heavy (non-hydrogen) atoms. The molecule has 1 fully saturated rings. The lowest BCUT2D eigenvalue weighted by Crippen LogP contribution is -2.28. The molecule has 0 aliphatic carbocycles. The number of urea groups is 1. The van der Waals surface area contributed by atoms with E-state index in [1.165, 1.54) is 6.42 Å². The van der Waals surface area contributed by atoms with E-state index < -0.39 is 0 Å². The number of nitrogens with one attached hydrogen (secondary N) is 2. The van der Waals surface area contributed by atoms with Gasteiger partial charge in [0.25, 0.3) is 0 Å². The summed E-state index contributed by atoms with van der Waals surface area (Å²) >= 11 is 0. The molecule has 1 aromatic carbocycles. The molecule has 1 aliphatic rings. The number of nitrogens with zero attached hydrogens (tertiary/aromatic N) is 1. The van der Waals surface area contributed by atoms with Gasteiger partial charge in [0.1, 0.15) is 0 Å². The summed E-state index contributed by atoms with van der Waals surface area (Å²) < 4.78 is 11.4. The maximum Gasteiger partial charge on any atom is 0.319 e. The largest absolute Gasteiger partial charge is 0.376 e. The minimum absolute atomic E-state index is 0.211. The minimum Gasteiger partial charge on any atom is -0.376 e. The average molecular weight is 355 g/mol. The third-order valence-corrected chi connectivity index (χ3v) is 4.19. The summed E-state index contributed by atoms with van der Waals surface area (Å²) in [6.07, 6.45) is 5.34. The number of amides is 2. The van der Waals surface area contributed by atoms with E-state index in [2.05, 4.69) is 15.6 Å². The van der Waals surface area contributed by atoms with Crippen LogP contribution in [0, 0.1) is 0 Å². The van der Waals surface area contributed by atoms with Crippen molar-refractivity contribution in [1.82, 2.24) is 10.3 Å². The van der Waals surface area contributed by atoms with E-state index in [4.69, 9.17) is 9.47 Å². The first-order valence-corrected chi connectivity index (χ1v) is 9.02. The molecule has 1 saturated heterocycles. The number of anilines is 1. The second kappa shape index (κ2) is 9.89. The Morgan fingerprint density at radius 2 is 2.19 bits per heavy atom. The van der Waals surface area contributed by atoms with Gasteiger partial charge in [-0.3, -0.25) is 4.98 Å². The molecule has 0 unspecified atom stereocenters. The predicted molar refractivity (Wildman–Crippen MR) is 99.8 cm³/mol. The fourth-order valence-corrected chi connectivity index (χ4v) is 2.83. The highest BCUT2D eigenvalue weighted by atomic mass is 16.5. The predicted octanol–water partition coefficient (Wildman–Crippen LogP) is 3.49. The molecule has 0 saturated carbocycles. The Labute approximate surface area is 153 Å². The number of ether oxygens (including phenoxy) is 2. The van der Waals surface area contributed by atoms with Crippen LogP contribution in [0.2, 0.25) is 0 Å². The van der Waals surface area contributed by atoms with Gasteiger partial charge in [-0.25, -0.2) is 4.79 Å². The van der Waals surface area contributed by atoms with E-state index in [0.29, 0.717) is 19.8 Å². The van der Waals surface area contributed by atoms with Crippen molar-refractivity contribution >= 4 is 11.7 Å². The zero-order chi connectivity index (χ0) is 18.0. The number of carbonyl (C=O) groups excluding carboxylic acids is 1. The normalized spacial score (nSPS) is 16.8. The highest BCUT2D eigenvalue weighted by molar-refractivity contribution is 5.89. The Kier molecular flexibility index (Phi) is 6.98. The highest BCUT2D eigenvalue weighted by Gasteiger charge is 2.13. The lowest BCUT2D eigenvalue weighted by Gasteiger charge is -2.22. The van der Waals surface area contributed by atoms with E-state index in [0.717, 1.165) is 36.4 Å². The highest BCUT2D eigenvalue weighted by Crippen LogP contribution is 2.15. The first-order valence-electron chi connectivity index (χ1n) is 9.02. The molecule has 0 spiro atoms. The molecule has 1 atom stereocenters. The summed E-state index contributed by atoms with van der Waals surface area (Å²) in [6.45, 7) is 2.34. The maximum absolute atomic E-state index is 12.0. The smallest absolute Gasteiger partial charge is 0.319 e. The molecule has 0 bridgehead atoms. The van der Waals surface area contributed by atoms with E-state index in [1.54, 1.807) is 6.20 Å². The zero-order valence-corrected chi connectivity index (χ0v) is 14.8. The van der Waals surface area contributed by atoms with Gasteiger partial charge >= 0.3 is 6.03 Å². The molecule has 2 heterocycles. The van der Waals surface area contributed by atoms with Crippen LogP contribution in [0.3, 0.4) is 0 Å². The zero-order valence-electron chi connectivity index (χ0n) is 14.8. The third-order valence-electron chi connectivity index (χ3n) is 4.19. The fourth-order valence-electron chi connectivity index (χ4n) is 2.83. The number of benzene rings is 1. The monoisotopic (exact) mass is 355 g/mol. The number of pyridine rings is 1. The molecule has 2 aromatic rings. The van der Waals surface area contributed by atoms with Crippen LogP contribution in [0.4, 0.5) is 10.5 Å². The number of hydrogen-bond acceptors (Lipinski definition) is 4. The molecule has 6 heteroatoms. The summed E-state index contributed by atoms with van der Waals surface area (Å²) in [4.78, 5) is 16.2. The Bertz CT molecular complexity index is 688. The topological polar surface area (TPSA) is 72.5 Å². The summed E-state index contributed by atoms with van der Waals surface area (Å²) in [5.74, 6) is 0. The second-order valence-electron chi connectivity index (χ2n) is 6.33. The average Bonchev–Trinajstić information content (AvgIpc) is 2.68. The van der Waals surface area contributed by atoms with Gasteiger partial charge in [0.15, 0.2) is 0 Å². The molecule has 138 valence electrons. The van der Waals surface area contributed by atoms with E-state index in [9.17, 15) is 4.79 Å². The van der Waals surface area contributed by atoms with Crippen LogP contribution in [0.5, 0.6) is 0 Å². The lowest BCUT2D eigenvalue weighted by atomic mass is 10.1. The molecule has 1 aromatic heterocycles. The van der Waals surface area contributed by atoms with Crippen LogP contribution >= 0.6 is 0 Å². The molecule has 3 rings (SSSR count). The van der Waals surface area contributed by atoms with Crippen molar-refractivity contribution in [3.63, 3.8) is 0 Å². The molecule has 2 N–H and O–H groups in total. The van der Waals surface area contributed by atoms with Crippen LogP contribution in [-0.4, -0.2) is 30.3 Å².